The number of hydrogen-bond donors (Lipinski definition) is 1. The normalized spacial score (nSPS) is 13.4. The maximum Gasteiger partial charge on any atom is 0.249 e. The van der Waals surface area contributed by atoms with Crippen molar-refractivity contribution < 1.29 is 9.53 Å². The highest BCUT2D eigenvalue weighted by molar-refractivity contribution is 6.32. The zero-order valence-electron chi connectivity index (χ0n) is 15.8. The number of amides is 1. The largest absolute Gasteiger partial charge is 0.475 e. The van der Waals surface area contributed by atoms with Crippen LogP contribution in [0.25, 0.3) is 11.8 Å². The molecule has 0 bridgehead atoms. The van der Waals surface area contributed by atoms with Gasteiger partial charge in [0.2, 0.25) is 11.8 Å². The van der Waals surface area contributed by atoms with Crippen molar-refractivity contribution in [1.82, 2.24) is 9.78 Å². The van der Waals surface area contributed by atoms with Crippen LogP contribution in [0.4, 0.5) is 5.82 Å². The molecule has 1 aromatic heterocycles. The van der Waals surface area contributed by atoms with Crippen LogP contribution in [0.5, 0.6) is 0 Å². The second kappa shape index (κ2) is 8.32. The second-order valence-electron chi connectivity index (χ2n) is 6.53. The third-order valence-electron chi connectivity index (χ3n) is 4.42. The molecule has 2 heterocycles. The minimum Gasteiger partial charge on any atom is -0.475 e. The molecule has 0 saturated carbocycles. The van der Waals surface area contributed by atoms with Crippen LogP contribution in [0.15, 0.2) is 65.8 Å². The lowest BCUT2D eigenvalue weighted by Gasteiger charge is -2.10. The maximum atomic E-state index is 12.6. The molecule has 0 saturated heterocycles. The Morgan fingerprint density at radius 3 is 2.72 bits per heavy atom. The zero-order valence-corrected chi connectivity index (χ0v) is 16.6. The molecule has 1 N–H and O–H groups in total. The molecule has 0 unspecified atom stereocenters. The molecule has 1 amide bonds. The fraction of sp³-hybridized carbons (Fsp3) is 0.136. The van der Waals surface area contributed by atoms with Gasteiger partial charge in [-0.25, -0.2) is 9.67 Å². The molecule has 2 aromatic carbocycles. The van der Waals surface area contributed by atoms with Gasteiger partial charge in [0.15, 0.2) is 0 Å². The molecule has 29 heavy (non-hydrogen) atoms. The van der Waals surface area contributed by atoms with Crippen molar-refractivity contribution in [2.24, 2.45) is 4.99 Å². The van der Waals surface area contributed by atoms with Crippen molar-refractivity contribution in [2.75, 3.05) is 18.5 Å². The van der Waals surface area contributed by atoms with Gasteiger partial charge in [-0.15, -0.1) is 0 Å². The lowest BCUT2D eigenvalue weighted by molar-refractivity contribution is -0.111. The summed E-state index contributed by atoms with van der Waals surface area (Å²) in [6.45, 7) is 3.12. The Labute approximate surface area is 173 Å². The van der Waals surface area contributed by atoms with Gasteiger partial charge in [0.25, 0.3) is 0 Å². The van der Waals surface area contributed by atoms with E-state index in [4.69, 9.17) is 16.3 Å². The highest BCUT2D eigenvalue weighted by Crippen LogP contribution is 2.23. The van der Waals surface area contributed by atoms with Crippen LogP contribution in [0.2, 0.25) is 5.02 Å². The molecule has 0 spiro atoms. The highest BCUT2D eigenvalue weighted by Gasteiger charge is 2.21. The summed E-state index contributed by atoms with van der Waals surface area (Å²) in [5.41, 5.74) is 3.37. The van der Waals surface area contributed by atoms with Crippen LogP contribution in [-0.4, -0.2) is 34.7 Å². The number of carbonyl (C=O) groups is 1. The number of aliphatic imine (C=N–C) groups is 1. The zero-order chi connectivity index (χ0) is 20.2. The van der Waals surface area contributed by atoms with Crippen molar-refractivity contribution in [3.05, 3.63) is 82.5 Å². The van der Waals surface area contributed by atoms with E-state index in [1.165, 1.54) is 6.08 Å². The Hall–Kier alpha value is -3.38. The molecule has 0 atom stereocenters. The van der Waals surface area contributed by atoms with E-state index in [1.807, 2.05) is 49.4 Å². The van der Waals surface area contributed by atoms with Gasteiger partial charge in [-0.3, -0.25) is 4.79 Å². The number of rotatable bonds is 5. The number of aryl methyl sites for hydroxylation is 1. The third-order valence-corrected chi connectivity index (χ3v) is 4.77. The fourth-order valence-corrected chi connectivity index (χ4v) is 3.14. The van der Waals surface area contributed by atoms with Crippen LogP contribution in [-0.2, 0) is 9.53 Å². The molecule has 146 valence electrons. The summed E-state index contributed by atoms with van der Waals surface area (Å²) in [5.74, 6) is 0.677. The molecule has 0 fully saturated rings. The third kappa shape index (κ3) is 4.22. The van der Waals surface area contributed by atoms with E-state index in [0.717, 1.165) is 16.8 Å². The predicted octanol–water partition coefficient (Wildman–Crippen LogP) is 4.26. The molecule has 4 rings (SSSR count). The molecule has 7 heteroatoms. The summed E-state index contributed by atoms with van der Waals surface area (Å²) < 4.78 is 7.25. The fourth-order valence-electron chi connectivity index (χ4n) is 2.94. The van der Waals surface area contributed by atoms with Gasteiger partial charge in [-0.2, -0.15) is 5.10 Å². The molecule has 3 aromatic rings. The van der Waals surface area contributed by atoms with Crippen molar-refractivity contribution >= 4 is 35.3 Å². The molecule has 0 radical (unpaired) electrons. The maximum absolute atomic E-state index is 12.6. The van der Waals surface area contributed by atoms with E-state index in [0.29, 0.717) is 35.5 Å². The van der Waals surface area contributed by atoms with Crippen LogP contribution in [0, 0.1) is 6.92 Å². The summed E-state index contributed by atoms with van der Waals surface area (Å²) in [6.07, 6.45) is 4.76. The van der Waals surface area contributed by atoms with Gasteiger partial charge in [-0.1, -0.05) is 47.5 Å². The van der Waals surface area contributed by atoms with Crippen molar-refractivity contribution in [1.29, 1.82) is 0 Å². The average Bonchev–Trinajstić information content (AvgIpc) is 3.38. The topological polar surface area (TPSA) is 68.5 Å². The summed E-state index contributed by atoms with van der Waals surface area (Å²) >= 11 is 6.15. The van der Waals surface area contributed by atoms with Crippen molar-refractivity contribution in [3.63, 3.8) is 0 Å². The molecular weight excluding hydrogens is 388 g/mol. The van der Waals surface area contributed by atoms with Crippen LogP contribution < -0.4 is 5.32 Å². The number of ether oxygens (including phenoxy) is 1. The van der Waals surface area contributed by atoms with Crippen LogP contribution in [0.3, 0.4) is 0 Å². The van der Waals surface area contributed by atoms with E-state index in [2.05, 4.69) is 15.4 Å². The van der Waals surface area contributed by atoms with Crippen LogP contribution >= 0.6 is 11.6 Å². The lowest BCUT2D eigenvalue weighted by Crippen LogP contribution is -2.15. The number of halogens is 1. The van der Waals surface area contributed by atoms with Gasteiger partial charge in [-0.05, 0) is 36.8 Å². The first-order valence-electron chi connectivity index (χ1n) is 9.18. The van der Waals surface area contributed by atoms with Gasteiger partial charge in [0, 0.05) is 11.1 Å². The summed E-state index contributed by atoms with van der Waals surface area (Å²) in [6, 6.07) is 15.2. The van der Waals surface area contributed by atoms with E-state index < -0.39 is 0 Å². The van der Waals surface area contributed by atoms with E-state index in [1.54, 1.807) is 23.0 Å². The Balaban J connectivity index is 1.65. The number of nitrogens with one attached hydrogen (secondary N) is 1. The second-order valence-corrected chi connectivity index (χ2v) is 6.94. The minimum atomic E-state index is -0.307. The lowest BCUT2D eigenvalue weighted by atomic mass is 10.2. The number of hydrogen-bond acceptors (Lipinski definition) is 4. The SMILES string of the molecule is Cc1ccc(-n2ncc(C3=NCCO3)c2NC(=O)/C=C/c2ccccc2Cl)cc1. The highest BCUT2D eigenvalue weighted by atomic mass is 35.5. The Bertz CT molecular complexity index is 1100. The Morgan fingerprint density at radius 2 is 2.00 bits per heavy atom. The van der Waals surface area contributed by atoms with Gasteiger partial charge < -0.3 is 10.1 Å². The summed E-state index contributed by atoms with van der Waals surface area (Å²) in [4.78, 5) is 17.0. The monoisotopic (exact) mass is 406 g/mol. The molecule has 1 aliphatic heterocycles. The Kier molecular flexibility index (Phi) is 5.44. The van der Waals surface area contributed by atoms with Crippen molar-refractivity contribution in [3.8, 4) is 5.69 Å². The van der Waals surface area contributed by atoms with E-state index in [-0.39, 0.29) is 5.91 Å². The molecular formula is C22H19ClN4O2. The first-order valence-corrected chi connectivity index (χ1v) is 9.56. The summed E-state index contributed by atoms with van der Waals surface area (Å²) in [7, 11) is 0. The van der Waals surface area contributed by atoms with Gasteiger partial charge in [0.05, 0.1) is 24.0 Å². The van der Waals surface area contributed by atoms with Gasteiger partial charge >= 0.3 is 0 Å². The smallest absolute Gasteiger partial charge is 0.249 e. The number of aromatic nitrogens is 2. The summed E-state index contributed by atoms with van der Waals surface area (Å²) in [5, 5.41) is 7.93. The standard InChI is InChI=1S/C22H19ClN4O2/c1-15-6-9-17(10-7-15)27-21(18(14-25-27)22-24-12-13-29-22)26-20(28)11-8-16-4-2-3-5-19(16)23/h2-11,14H,12-13H2,1H3,(H,26,28)/b11-8+. The number of anilines is 1. The van der Waals surface area contributed by atoms with Gasteiger partial charge in [0.1, 0.15) is 12.4 Å². The van der Waals surface area contributed by atoms with Crippen molar-refractivity contribution in [2.45, 2.75) is 6.92 Å². The molecule has 0 aliphatic carbocycles. The first kappa shape index (κ1) is 19.0. The minimum absolute atomic E-state index is 0.307. The number of carbonyl (C=O) groups excluding carboxylic acids is 1. The Morgan fingerprint density at radius 1 is 1.21 bits per heavy atom. The predicted molar refractivity (Wildman–Crippen MR) is 115 cm³/mol. The first-order chi connectivity index (χ1) is 14.1. The molecule has 1 aliphatic rings. The average molecular weight is 407 g/mol. The number of nitrogens with zero attached hydrogens (tertiary/aromatic N) is 3. The van der Waals surface area contributed by atoms with E-state index in [9.17, 15) is 4.79 Å². The molecule has 6 nitrogen and oxygen atoms in total. The quantitative estimate of drug-likeness (QED) is 0.643. The van der Waals surface area contributed by atoms with Crippen LogP contribution in [0.1, 0.15) is 16.7 Å². The van der Waals surface area contributed by atoms with E-state index >= 15 is 0 Å². The number of benzene rings is 2.